The van der Waals surface area contributed by atoms with E-state index in [2.05, 4.69) is 5.32 Å². The van der Waals surface area contributed by atoms with Gasteiger partial charge in [0.2, 0.25) is 0 Å². The van der Waals surface area contributed by atoms with Crippen molar-refractivity contribution >= 4 is 21.6 Å². The van der Waals surface area contributed by atoms with Crippen LogP contribution in [0.3, 0.4) is 0 Å². The Kier molecular flexibility index (Phi) is 5.94. The molecule has 2 aliphatic carbocycles. The van der Waals surface area contributed by atoms with E-state index in [0.717, 1.165) is 12.0 Å². The minimum Gasteiger partial charge on any atom is -0.349 e. The zero-order valence-electron chi connectivity index (χ0n) is 18.4. The lowest BCUT2D eigenvalue weighted by Gasteiger charge is -2.28. The van der Waals surface area contributed by atoms with Gasteiger partial charge in [0.05, 0.1) is 22.7 Å². The van der Waals surface area contributed by atoms with Crippen LogP contribution in [0.25, 0.3) is 0 Å². The molecule has 170 valence electrons. The van der Waals surface area contributed by atoms with Gasteiger partial charge in [0.1, 0.15) is 0 Å². The average Bonchev–Trinajstić information content (AvgIpc) is 3.47. The van der Waals surface area contributed by atoms with Gasteiger partial charge in [-0.1, -0.05) is 67.1 Å². The van der Waals surface area contributed by atoms with Crippen LogP contribution in [-0.4, -0.2) is 20.4 Å². The Balaban J connectivity index is 1.52. The molecule has 2 aliphatic rings. The Morgan fingerprint density at radius 2 is 1.52 bits per heavy atom. The van der Waals surface area contributed by atoms with Crippen molar-refractivity contribution in [1.29, 1.82) is 0 Å². The van der Waals surface area contributed by atoms with E-state index in [1.165, 1.54) is 23.6 Å². The van der Waals surface area contributed by atoms with E-state index in [1.807, 2.05) is 30.3 Å². The highest BCUT2D eigenvalue weighted by molar-refractivity contribution is 7.92. The summed E-state index contributed by atoms with van der Waals surface area (Å²) in [7, 11) is -3.89. The summed E-state index contributed by atoms with van der Waals surface area (Å²) >= 11 is 0. The smallest absolute Gasteiger partial charge is 0.264 e. The fourth-order valence-electron chi connectivity index (χ4n) is 5.32. The molecule has 3 atom stereocenters. The van der Waals surface area contributed by atoms with E-state index >= 15 is 0 Å². The molecule has 5 rings (SSSR count). The third kappa shape index (κ3) is 4.40. The lowest BCUT2D eigenvalue weighted by Crippen LogP contribution is -2.40. The van der Waals surface area contributed by atoms with Crippen molar-refractivity contribution in [3.8, 4) is 0 Å². The maximum atomic E-state index is 13.8. The van der Waals surface area contributed by atoms with Crippen LogP contribution in [0.15, 0.2) is 89.8 Å². The number of nitrogens with one attached hydrogen (secondary N) is 1. The van der Waals surface area contributed by atoms with Gasteiger partial charge in [-0.2, -0.15) is 0 Å². The van der Waals surface area contributed by atoms with Crippen molar-refractivity contribution in [1.82, 2.24) is 5.32 Å². The Labute approximate surface area is 195 Å². The molecule has 0 saturated heterocycles. The highest BCUT2D eigenvalue weighted by atomic mass is 32.2. The monoisotopic (exact) mass is 460 g/mol. The van der Waals surface area contributed by atoms with Crippen LogP contribution in [0, 0.1) is 11.8 Å². The van der Waals surface area contributed by atoms with Crippen LogP contribution in [0.2, 0.25) is 0 Å². The molecule has 2 bridgehead atoms. The summed E-state index contributed by atoms with van der Waals surface area (Å²) in [4.78, 5) is 13.6. The fraction of sp³-hybridized carbons (Fsp3) is 0.296. The number of fused-ring (bicyclic) bond motifs is 2. The standard InChI is InChI=1S/C27H28N2O3S/c30-27(28-25-18-21-15-16-22(25)17-21)24-13-7-8-14-26(24)29(19-20-9-3-1-4-10-20)33(31,32)23-11-5-2-6-12-23/h1-14,21-22,25H,15-19H2,(H,28,30)/t21-,22-,25+/m0/s1. The molecular weight excluding hydrogens is 432 g/mol. The number of amides is 1. The zero-order chi connectivity index (χ0) is 22.8. The topological polar surface area (TPSA) is 66.5 Å². The normalized spacial score (nSPS) is 21.6. The second kappa shape index (κ2) is 9.02. The van der Waals surface area contributed by atoms with E-state index in [1.54, 1.807) is 54.6 Å². The van der Waals surface area contributed by atoms with Crippen LogP contribution in [0.1, 0.15) is 41.6 Å². The van der Waals surface area contributed by atoms with Crippen LogP contribution in [-0.2, 0) is 16.6 Å². The molecule has 5 nitrogen and oxygen atoms in total. The number of carbonyl (C=O) groups excluding carboxylic acids is 1. The van der Waals surface area contributed by atoms with Gasteiger partial charge in [-0.25, -0.2) is 8.42 Å². The first kappa shape index (κ1) is 21.7. The largest absolute Gasteiger partial charge is 0.349 e. The van der Waals surface area contributed by atoms with Crippen molar-refractivity contribution in [2.24, 2.45) is 11.8 Å². The van der Waals surface area contributed by atoms with Crippen molar-refractivity contribution in [3.05, 3.63) is 96.1 Å². The van der Waals surface area contributed by atoms with Gasteiger partial charge in [-0.05, 0) is 60.9 Å². The molecule has 2 fully saturated rings. The van der Waals surface area contributed by atoms with Gasteiger partial charge < -0.3 is 5.32 Å². The molecule has 2 saturated carbocycles. The molecule has 0 unspecified atom stereocenters. The van der Waals surface area contributed by atoms with E-state index in [4.69, 9.17) is 0 Å². The fourth-order valence-corrected chi connectivity index (χ4v) is 6.81. The average molecular weight is 461 g/mol. The predicted molar refractivity (Wildman–Crippen MR) is 129 cm³/mol. The molecule has 33 heavy (non-hydrogen) atoms. The summed E-state index contributed by atoms with van der Waals surface area (Å²) in [5.41, 5.74) is 1.63. The Morgan fingerprint density at radius 1 is 0.848 bits per heavy atom. The quantitative estimate of drug-likeness (QED) is 0.540. The van der Waals surface area contributed by atoms with E-state index in [0.29, 0.717) is 23.1 Å². The number of anilines is 1. The molecule has 0 spiro atoms. The molecule has 0 heterocycles. The first-order valence-corrected chi connectivity index (χ1v) is 13.0. The van der Waals surface area contributed by atoms with Gasteiger partial charge in [0, 0.05) is 6.04 Å². The van der Waals surface area contributed by atoms with Gasteiger partial charge in [0.15, 0.2) is 0 Å². The molecule has 6 heteroatoms. The van der Waals surface area contributed by atoms with E-state index < -0.39 is 10.0 Å². The zero-order valence-corrected chi connectivity index (χ0v) is 19.2. The SMILES string of the molecule is O=C(N[C@@H]1C[C@H]2CC[C@H]1C2)c1ccccc1N(Cc1ccccc1)S(=O)(=O)c1ccccc1. The molecule has 0 aromatic heterocycles. The minimum absolute atomic E-state index is 0.135. The number of para-hydroxylation sites is 1. The molecule has 3 aromatic carbocycles. The van der Waals surface area contributed by atoms with Gasteiger partial charge in [-0.15, -0.1) is 0 Å². The van der Waals surface area contributed by atoms with Crippen molar-refractivity contribution in [3.63, 3.8) is 0 Å². The van der Waals surface area contributed by atoms with Gasteiger partial charge in [0.25, 0.3) is 15.9 Å². The summed E-state index contributed by atoms with van der Waals surface area (Å²) in [6.45, 7) is 0.135. The van der Waals surface area contributed by atoms with Gasteiger partial charge in [-0.3, -0.25) is 9.10 Å². The highest BCUT2D eigenvalue weighted by Crippen LogP contribution is 2.44. The van der Waals surface area contributed by atoms with Crippen LogP contribution in [0.5, 0.6) is 0 Å². The summed E-state index contributed by atoms with van der Waals surface area (Å²) in [6.07, 6.45) is 4.64. The molecular formula is C27H28N2O3S. The van der Waals surface area contributed by atoms with Gasteiger partial charge >= 0.3 is 0 Å². The number of rotatable bonds is 7. The summed E-state index contributed by atoms with van der Waals surface area (Å²) in [5, 5.41) is 3.22. The summed E-state index contributed by atoms with van der Waals surface area (Å²) in [5.74, 6) is 1.05. The highest BCUT2D eigenvalue weighted by Gasteiger charge is 2.40. The Morgan fingerprint density at radius 3 is 2.18 bits per heavy atom. The van der Waals surface area contributed by atoms with Crippen LogP contribution in [0.4, 0.5) is 5.69 Å². The first-order chi connectivity index (χ1) is 16.0. The first-order valence-electron chi connectivity index (χ1n) is 11.5. The lowest BCUT2D eigenvalue weighted by molar-refractivity contribution is 0.0923. The third-order valence-electron chi connectivity index (χ3n) is 6.97. The predicted octanol–water partition coefficient (Wildman–Crippen LogP) is 5.00. The molecule has 1 amide bonds. The second-order valence-corrected chi connectivity index (χ2v) is 10.9. The van der Waals surface area contributed by atoms with Crippen molar-refractivity contribution in [2.75, 3.05) is 4.31 Å². The molecule has 0 aliphatic heterocycles. The van der Waals surface area contributed by atoms with E-state index in [-0.39, 0.29) is 23.4 Å². The maximum absolute atomic E-state index is 13.8. The molecule has 0 radical (unpaired) electrons. The minimum atomic E-state index is -3.89. The number of carbonyl (C=O) groups is 1. The van der Waals surface area contributed by atoms with Crippen LogP contribution >= 0.6 is 0 Å². The number of benzene rings is 3. The summed E-state index contributed by atoms with van der Waals surface area (Å²) < 4.78 is 28.9. The van der Waals surface area contributed by atoms with E-state index in [9.17, 15) is 13.2 Å². The second-order valence-electron chi connectivity index (χ2n) is 9.08. The summed E-state index contributed by atoms with van der Waals surface area (Å²) in [6, 6.07) is 25.0. The third-order valence-corrected chi connectivity index (χ3v) is 8.75. The van der Waals surface area contributed by atoms with Crippen LogP contribution < -0.4 is 9.62 Å². The number of hydrogen-bond acceptors (Lipinski definition) is 3. The number of nitrogens with zero attached hydrogens (tertiary/aromatic N) is 1. The maximum Gasteiger partial charge on any atom is 0.264 e. The Hall–Kier alpha value is -3.12. The Bertz CT molecular complexity index is 1230. The molecule has 1 N–H and O–H groups in total. The number of hydrogen-bond donors (Lipinski definition) is 1. The number of sulfonamides is 1. The van der Waals surface area contributed by atoms with Crippen molar-refractivity contribution in [2.45, 2.75) is 43.2 Å². The lowest BCUT2D eigenvalue weighted by atomic mass is 9.95. The molecule has 3 aromatic rings. The van der Waals surface area contributed by atoms with Crippen molar-refractivity contribution < 1.29 is 13.2 Å².